The maximum absolute atomic E-state index is 12.8. The lowest BCUT2D eigenvalue weighted by molar-refractivity contribution is -0.168. The summed E-state index contributed by atoms with van der Waals surface area (Å²) in [6.45, 7) is 4.41. The standard InChI is InChI=1S/C19H20N2O6/c1-19(2,3)18(26)27-10-20-14(22)9-8-13(17(20)25)21-15(23)11-6-4-5-7-12(11)16(21)24/h4-7,13H,8-10H2,1-3H3. The van der Waals surface area contributed by atoms with Crippen LogP contribution in [0.3, 0.4) is 0 Å². The van der Waals surface area contributed by atoms with Gasteiger partial charge in [0.25, 0.3) is 17.7 Å². The van der Waals surface area contributed by atoms with Gasteiger partial charge >= 0.3 is 5.97 Å². The van der Waals surface area contributed by atoms with Crippen molar-refractivity contribution in [2.24, 2.45) is 5.41 Å². The second-order valence-electron chi connectivity index (χ2n) is 7.55. The second kappa shape index (κ2) is 6.61. The van der Waals surface area contributed by atoms with Crippen LogP contribution in [0.1, 0.15) is 54.3 Å². The largest absolute Gasteiger partial charge is 0.443 e. The fourth-order valence-electron chi connectivity index (χ4n) is 3.03. The third kappa shape index (κ3) is 3.22. The van der Waals surface area contributed by atoms with Crippen molar-refractivity contribution in [3.05, 3.63) is 35.4 Å². The summed E-state index contributed by atoms with van der Waals surface area (Å²) in [4.78, 5) is 63.7. The number of hydrogen-bond acceptors (Lipinski definition) is 6. The lowest BCUT2D eigenvalue weighted by Crippen LogP contribution is -2.56. The molecular formula is C19H20N2O6. The number of hydrogen-bond donors (Lipinski definition) is 0. The minimum absolute atomic E-state index is 0.0309. The van der Waals surface area contributed by atoms with Crippen molar-refractivity contribution in [1.29, 1.82) is 0 Å². The quantitative estimate of drug-likeness (QED) is 0.586. The Labute approximate surface area is 156 Å². The molecule has 1 aromatic rings. The molecule has 0 saturated carbocycles. The summed E-state index contributed by atoms with van der Waals surface area (Å²) < 4.78 is 5.07. The van der Waals surface area contributed by atoms with E-state index in [-0.39, 0.29) is 24.0 Å². The summed E-state index contributed by atoms with van der Waals surface area (Å²) in [5.41, 5.74) is -0.320. The van der Waals surface area contributed by atoms with Crippen LogP contribution < -0.4 is 0 Å². The third-order valence-corrected chi connectivity index (χ3v) is 4.56. The molecule has 8 nitrogen and oxygen atoms in total. The van der Waals surface area contributed by atoms with Crippen molar-refractivity contribution in [3.63, 3.8) is 0 Å². The molecule has 0 N–H and O–H groups in total. The van der Waals surface area contributed by atoms with Crippen LogP contribution in [0.5, 0.6) is 0 Å². The summed E-state index contributed by atoms with van der Waals surface area (Å²) >= 11 is 0. The van der Waals surface area contributed by atoms with Crippen LogP contribution in [0.2, 0.25) is 0 Å². The third-order valence-electron chi connectivity index (χ3n) is 4.56. The number of carbonyl (C=O) groups is 5. The molecule has 1 atom stereocenters. The van der Waals surface area contributed by atoms with Crippen molar-refractivity contribution in [3.8, 4) is 0 Å². The molecule has 2 aliphatic heterocycles. The molecule has 1 aromatic carbocycles. The Morgan fingerprint density at radius 3 is 2.15 bits per heavy atom. The SMILES string of the molecule is CC(C)(C)C(=O)OCN1C(=O)CCC(N2C(=O)c3ccccc3C2=O)C1=O. The van der Waals surface area contributed by atoms with Gasteiger partial charge in [-0.05, 0) is 39.3 Å². The Balaban J connectivity index is 1.79. The molecule has 0 spiro atoms. The molecule has 0 aromatic heterocycles. The smallest absolute Gasteiger partial charge is 0.312 e. The van der Waals surface area contributed by atoms with E-state index >= 15 is 0 Å². The lowest BCUT2D eigenvalue weighted by atomic mass is 9.97. The monoisotopic (exact) mass is 372 g/mol. The van der Waals surface area contributed by atoms with Crippen LogP contribution in [-0.2, 0) is 19.1 Å². The number of ether oxygens (including phenoxy) is 1. The average Bonchev–Trinajstić information content (AvgIpc) is 2.86. The van der Waals surface area contributed by atoms with Gasteiger partial charge in [-0.15, -0.1) is 0 Å². The molecule has 1 unspecified atom stereocenters. The van der Waals surface area contributed by atoms with E-state index in [1.54, 1.807) is 32.9 Å². The summed E-state index contributed by atoms with van der Waals surface area (Å²) in [7, 11) is 0. The first kappa shape index (κ1) is 18.8. The van der Waals surface area contributed by atoms with Gasteiger partial charge in [0.15, 0.2) is 6.73 Å². The summed E-state index contributed by atoms with van der Waals surface area (Å²) in [6.07, 6.45) is 0.0176. The van der Waals surface area contributed by atoms with Gasteiger partial charge in [0.05, 0.1) is 16.5 Å². The van der Waals surface area contributed by atoms with Crippen molar-refractivity contribution >= 4 is 29.6 Å². The number of likely N-dealkylation sites (tertiary alicyclic amines) is 1. The topological polar surface area (TPSA) is 101 Å². The van der Waals surface area contributed by atoms with E-state index in [0.29, 0.717) is 0 Å². The van der Waals surface area contributed by atoms with E-state index in [1.165, 1.54) is 12.1 Å². The van der Waals surface area contributed by atoms with E-state index < -0.39 is 47.8 Å². The van der Waals surface area contributed by atoms with E-state index in [1.807, 2.05) is 0 Å². The van der Waals surface area contributed by atoms with E-state index in [2.05, 4.69) is 0 Å². The number of piperidine rings is 1. The van der Waals surface area contributed by atoms with Crippen LogP contribution >= 0.6 is 0 Å². The molecule has 2 heterocycles. The highest BCUT2D eigenvalue weighted by Crippen LogP contribution is 2.29. The molecule has 4 amide bonds. The normalized spacial score (nSPS) is 20.2. The van der Waals surface area contributed by atoms with Crippen LogP contribution in [0.4, 0.5) is 0 Å². The first-order chi connectivity index (χ1) is 12.6. The van der Waals surface area contributed by atoms with Gasteiger partial charge in [0.2, 0.25) is 5.91 Å². The van der Waals surface area contributed by atoms with Gasteiger partial charge in [-0.25, -0.2) is 4.90 Å². The maximum Gasteiger partial charge on any atom is 0.312 e. The molecule has 3 rings (SSSR count). The minimum atomic E-state index is -1.09. The van der Waals surface area contributed by atoms with Gasteiger partial charge in [0.1, 0.15) is 6.04 Å². The van der Waals surface area contributed by atoms with Crippen LogP contribution in [0.25, 0.3) is 0 Å². The molecule has 27 heavy (non-hydrogen) atoms. The Morgan fingerprint density at radius 1 is 1.07 bits per heavy atom. The number of fused-ring (bicyclic) bond motifs is 1. The highest BCUT2D eigenvalue weighted by atomic mass is 16.5. The number of nitrogens with zero attached hydrogens (tertiary/aromatic N) is 2. The fraction of sp³-hybridized carbons (Fsp3) is 0.421. The zero-order valence-corrected chi connectivity index (χ0v) is 15.4. The van der Waals surface area contributed by atoms with E-state index in [9.17, 15) is 24.0 Å². The molecule has 0 radical (unpaired) electrons. The zero-order valence-electron chi connectivity index (χ0n) is 15.4. The van der Waals surface area contributed by atoms with Gasteiger partial charge in [0, 0.05) is 6.42 Å². The Hall–Kier alpha value is -3.03. The number of imide groups is 2. The average molecular weight is 372 g/mol. The van der Waals surface area contributed by atoms with Gasteiger partial charge in [-0.3, -0.25) is 28.9 Å². The number of rotatable bonds is 3. The molecule has 142 valence electrons. The second-order valence-corrected chi connectivity index (χ2v) is 7.55. The highest BCUT2D eigenvalue weighted by Gasteiger charge is 2.47. The zero-order chi connectivity index (χ0) is 19.9. The summed E-state index contributed by atoms with van der Waals surface area (Å²) in [5.74, 6) is -2.91. The number of amides is 4. The van der Waals surface area contributed by atoms with Gasteiger partial charge in [-0.1, -0.05) is 12.1 Å². The van der Waals surface area contributed by atoms with Crippen LogP contribution in [0, 0.1) is 5.41 Å². The lowest BCUT2D eigenvalue weighted by Gasteiger charge is -2.34. The van der Waals surface area contributed by atoms with Gasteiger partial charge in [-0.2, -0.15) is 0 Å². The summed E-state index contributed by atoms with van der Waals surface area (Å²) in [5, 5.41) is 0. The van der Waals surface area contributed by atoms with E-state index in [4.69, 9.17) is 4.74 Å². The molecule has 1 saturated heterocycles. The summed E-state index contributed by atoms with van der Waals surface area (Å²) in [6, 6.07) is 5.23. The Kier molecular flexibility index (Phi) is 4.59. The van der Waals surface area contributed by atoms with Crippen molar-refractivity contribution in [2.75, 3.05) is 6.73 Å². The molecule has 0 bridgehead atoms. The number of carbonyl (C=O) groups excluding carboxylic acids is 5. The Bertz CT molecular complexity index is 819. The highest BCUT2D eigenvalue weighted by molar-refractivity contribution is 6.23. The Morgan fingerprint density at radius 2 is 1.63 bits per heavy atom. The van der Waals surface area contributed by atoms with Crippen LogP contribution in [-0.4, -0.2) is 52.2 Å². The van der Waals surface area contributed by atoms with Crippen molar-refractivity contribution < 1.29 is 28.7 Å². The molecule has 8 heteroatoms. The van der Waals surface area contributed by atoms with Crippen LogP contribution in [0.15, 0.2) is 24.3 Å². The van der Waals surface area contributed by atoms with Crippen molar-refractivity contribution in [1.82, 2.24) is 9.80 Å². The number of esters is 1. The predicted molar refractivity (Wildman–Crippen MR) is 92.2 cm³/mol. The first-order valence-corrected chi connectivity index (χ1v) is 8.61. The fourth-order valence-corrected chi connectivity index (χ4v) is 3.03. The first-order valence-electron chi connectivity index (χ1n) is 8.61. The number of benzene rings is 1. The molecule has 0 aliphatic carbocycles. The predicted octanol–water partition coefficient (Wildman–Crippen LogP) is 1.35. The minimum Gasteiger partial charge on any atom is -0.443 e. The molecular weight excluding hydrogens is 352 g/mol. The molecule has 2 aliphatic rings. The van der Waals surface area contributed by atoms with E-state index in [0.717, 1.165) is 9.80 Å². The van der Waals surface area contributed by atoms with Crippen molar-refractivity contribution in [2.45, 2.75) is 39.7 Å². The van der Waals surface area contributed by atoms with Gasteiger partial charge < -0.3 is 4.74 Å². The molecule has 1 fully saturated rings. The maximum atomic E-state index is 12.8.